The summed E-state index contributed by atoms with van der Waals surface area (Å²) in [6.07, 6.45) is 3.76. The van der Waals surface area contributed by atoms with E-state index >= 15 is 0 Å². The van der Waals surface area contributed by atoms with Crippen LogP contribution in [0.1, 0.15) is 31.7 Å². The number of rotatable bonds is 6. The van der Waals surface area contributed by atoms with Crippen molar-refractivity contribution < 1.29 is 9.90 Å². The van der Waals surface area contributed by atoms with Crippen LogP contribution in [-0.4, -0.2) is 35.7 Å². The highest BCUT2D eigenvalue weighted by Crippen LogP contribution is 2.32. The third kappa shape index (κ3) is 3.97. The van der Waals surface area contributed by atoms with Gasteiger partial charge in [0.2, 0.25) is 0 Å². The molecule has 0 aromatic heterocycles. The van der Waals surface area contributed by atoms with Crippen LogP contribution in [0, 0.1) is 5.92 Å². The molecular weight excluding hydrogens is 252 g/mol. The van der Waals surface area contributed by atoms with E-state index in [9.17, 15) is 9.90 Å². The molecule has 1 aromatic carbocycles. The number of aliphatic hydroxyl groups is 1. The Morgan fingerprint density at radius 3 is 2.80 bits per heavy atom. The van der Waals surface area contributed by atoms with Gasteiger partial charge in [-0.15, -0.1) is 0 Å². The third-order valence-corrected chi connectivity index (χ3v) is 3.75. The Kier molecular flexibility index (Phi) is 5.01. The summed E-state index contributed by atoms with van der Waals surface area (Å²) in [6.45, 7) is 2.52. The van der Waals surface area contributed by atoms with Crippen LogP contribution in [0.2, 0.25) is 0 Å². The first-order valence-corrected chi connectivity index (χ1v) is 7.40. The van der Waals surface area contributed by atoms with Gasteiger partial charge in [0.25, 0.3) is 0 Å². The molecule has 2 amide bonds. The number of anilines is 1. The summed E-state index contributed by atoms with van der Waals surface area (Å²) < 4.78 is 0. The van der Waals surface area contributed by atoms with Gasteiger partial charge in [-0.3, -0.25) is 0 Å². The number of likely N-dealkylation sites (N-methyl/N-ethyl adjacent to an activating group) is 1. The van der Waals surface area contributed by atoms with E-state index in [1.807, 2.05) is 24.3 Å². The van der Waals surface area contributed by atoms with Gasteiger partial charge < -0.3 is 15.3 Å². The highest BCUT2D eigenvalue weighted by Gasteiger charge is 2.31. The van der Waals surface area contributed by atoms with Gasteiger partial charge in [0.15, 0.2) is 0 Å². The van der Waals surface area contributed by atoms with E-state index in [0.29, 0.717) is 12.5 Å². The van der Waals surface area contributed by atoms with Crippen molar-refractivity contribution in [1.29, 1.82) is 0 Å². The number of urea groups is 1. The Hall–Kier alpha value is -1.55. The lowest BCUT2D eigenvalue weighted by atomic mass is 10.1. The fourth-order valence-corrected chi connectivity index (χ4v) is 2.33. The Morgan fingerprint density at radius 1 is 1.45 bits per heavy atom. The zero-order valence-electron chi connectivity index (χ0n) is 12.3. The summed E-state index contributed by atoms with van der Waals surface area (Å²) in [5, 5.41) is 12.8. The summed E-state index contributed by atoms with van der Waals surface area (Å²) in [5.74, 6) is 0.387. The molecule has 1 atom stereocenters. The maximum absolute atomic E-state index is 12.2. The van der Waals surface area contributed by atoms with Crippen molar-refractivity contribution >= 4 is 11.7 Å². The zero-order valence-corrected chi connectivity index (χ0v) is 12.3. The first-order valence-electron chi connectivity index (χ1n) is 7.40. The maximum atomic E-state index is 12.2. The van der Waals surface area contributed by atoms with Crippen molar-refractivity contribution in [2.75, 3.05) is 18.9 Å². The molecule has 0 spiro atoms. The highest BCUT2D eigenvalue weighted by molar-refractivity contribution is 5.90. The molecule has 4 heteroatoms. The van der Waals surface area contributed by atoms with Gasteiger partial charge in [0.05, 0.1) is 6.10 Å². The molecular formula is C16H24N2O2. The number of aryl methyl sites for hydroxylation is 1. The predicted octanol–water partition coefficient (Wildman–Crippen LogP) is 2.87. The zero-order chi connectivity index (χ0) is 14.5. The van der Waals surface area contributed by atoms with E-state index in [4.69, 9.17) is 0 Å². The second-order valence-electron chi connectivity index (χ2n) is 5.62. The number of benzene rings is 1. The smallest absolute Gasteiger partial charge is 0.321 e. The molecule has 110 valence electrons. The normalized spacial score (nSPS) is 15.8. The minimum Gasteiger partial charge on any atom is -0.391 e. The first-order chi connectivity index (χ1) is 9.61. The molecule has 1 saturated carbocycles. The minimum atomic E-state index is -0.392. The summed E-state index contributed by atoms with van der Waals surface area (Å²) in [6, 6.07) is 7.72. The van der Waals surface area contributed by atoms with Gasteiger partial charge in [-0.25, -0.2) is 4.79 Å². The number of para-hydroxylation sites is 1. The van der Waals surface area contributed by atoms with Gasteiger partial charge >= 0.3 is 6.03 Å². The number of hydrogen-bond donors (Lipinski definition) is 2. The van der Waals surface area contributed by atoms with E-state index in [1.54, 1.807) is 11.9 Å². The molecule has 2 rings (SSSR count). The van der Waals surface area contributed by atoms with Crippen LogP contribution in [0.4, 0.5) is 10.5 Å². The lowest BCUT2D eigenvalue weighted by Gasteiger charge is -2.22. The molecule has 0 heterocycles. The van der Waals surface area contributed by atoms with Crippen LogP contribution >= 0.6 is 0 Å². The molecule has 0 bridgehead atoms. The van der Waals surface area contributed by atoms with Gasteiger partial charge in [-0.2, -0.15) is 0 Å². The Labute approximate surface area is 120 Å². The number of hydrogen-bond acceptors (Lipinski definition) is 2. The summed E-state index contributed by atoms with van der Waals surface area (Å²) in [4.78, 5) is 13.7. The number of nitrogens with one attached hydrogen (secondary N) is 1. The van der Waals surface area contributed by atoms with Crippen molar-refractivity contribution in [3.8, 4) is 0 Å². The second kappa shape index (κ2) is 6.75. The van der Waals surface area contributed by atoms with E-state index in [2.05, 4.69) is 12.2 Å². The summed E-state index contributed by atoms with van der Waals surface area (Å²) in [7, 11) is 1.73. The van der Waals surface area contributed by atoms with Crippen LogP contribution in [0.15, 0.2) is 24.3 Å². The highest BCUT2D eigenvalue weighted by atomic mass is 16.3. The molecule has 1 aliphatic rings. The number of carbonyl (C=O) groups is 1. The monoisotopic (exact) mass is 276 g/mol. The summed E-state index contributed by atoms with van der Waals surface area (Å²) >= 11 is 0. The largest absolute Gasteiger partial charge is 0.391 e. The minimum absolute atomic E-state index is 0.159. The molecule has 2 N–H and O–H groups in total. The van der Waals surface area contributed by atoms with Crippen molar-refractivity contribution in [3.63, 3.8) is 0 Å². The van der Waals surface area contributed by atoms with Crippen LogP contribution in [0.25, 0.3) is 0 Å². The van der Waals surface area contributed by atoms with Crippen LogP contribution < -0.4 is 5.32 Å². The summed E-state index contributed by atoms with van der Waals surface area (Å²) in [5.41, 5.74) is 2.02. The average Bonchev–Trinajstić information content (AvgIpc) is 3.25. The second-order valence-corrected chi connectivity index (χ2v) is 5.62. The fraction of sp³-hybridized carbons (Fsp3) is 0.562. The van der Waals surface area contributed by atoms with E-state index in [1.165, 1.54) is 0 Å². The lowest BCUT2D eigenvalue weighted by molar-refractivity contribution is 0.117. The van der Waals surface area contributed by atoms with Crippen LogP contribution in [0.5, 0.6) is 0 Å². The van der Waals surface area contributed by atoms with Crippen molar-refractivity contribution in [3.05, 3.63) is 29.8 Å². The van der Waals surface area contributed by atoms with E-state index < -0.39 is 6.10 Å². The topological polar surface area (TPSA) is 52.6 Å². The number of carbonyl (C=O) groups excluding carboxylic acids is 1. The SMILES string of the molecule is CCCc1ccccc1NC(=O)N(C)CC(O)C1CC1. The Bertz CT molecular complexity index is 458. The van der Waals surface area contributed by atoms with Gasteiger partial charge in [-0.1, -0.05) is 31.5 Å². The molecule has 0 radical (unpaired) electrons. The third-order valence-electron chi connectivity index (χ3n) is 3.75. The first kappa shape index (κ1) is 14.9. The van der Waals surface area contributed by atoms with Crippen LogP contribution in [-0.2, 0) is 6.42 Å². The Balaban J connectivity index is 1.92. The van der Waals surface area contributed by atoms with Crippen LogP contribution in [0.3, 0.4) is 0 Å². The molecule has 1 aliphatic carbocycles. The number of aliphatic hydroxyl groups excluding tert-OH is 1. The quantitative estimate of drug-likeness (QED) is 0.839. The molecule has 4 nitrogen and oxygen atoms in total. The maximum Gasteiger partial charge on any atom is 0.321 e. The van der Waals surface area contributed by atoms with Gasteiger partial charge in [-0.05, 0) is 36.8 Å². The predicted molar refractivity (Wildman–Crippen MR) is 80.8 cm³/mol. The molecule has 1 aromatic rings. The van der Waals surface area contributed by atoms with Crippen molar-refractivity contribution in [1.82, 2.24) is 4.90 Å². The standard InChI is InChI=1S/C16H24N2O2/c1-3-6-12-7-4-5-8-14(12)17-16(20)18(2)11-15(19)13-9-10-13/h4-5,7-8,13,15,19H,3,6,9-11H2,1-2H3,(H,17,20). The number of amides is 2. The average molecular weight is 276 g/mol. The van der Waals surface area contributed by atoms with E-state index in [-0.39, 0.29) is 6.03 Å². The van der Waals surface area contributed by atoms with E-state index in [0.717, 1.165) is 36.9 Å². The molecule has 20 heavy (non-hydrogen) atoms. The van der Waals surface area contributed by atoms with Gasteiger partial charge in [0.1, 0.15) is 0 Å². The lowest BCUT2D eigenvalue weighted by Crippen LogP contribution is -2.38. The molecule has 0 aliphatic heterocycles. The molecule has 1 unspecified atom stereocenters. The van der Waals surface area contributed by atoms with Gasteiger partial charge in [0, 0.05) is 19.3 Å². The van der Waals surface area contributed by atoms with Crippen molar-refractivity contribution in [2.24, 2.45) is 5.92 Å². The van der Waals surface area contributed by atoms with Crippen molar-refractivity contribution in [2.45, 2.75) is 38.7 Å². The number of nitrogens with zero attached hydrogens (tertiary/aromatic N) is 1. The Morgan fingerprint density at radius 2 is 2.15 bits per heavy atom. The fourth-order valence-electron chi connectivity index (χ4n) is 2.33. The molecule has 0 saturated heterocycles. The molecule has 1 fully saturated rings.